The fraction of sp³-hybridized carbons (Fsp3) is 0.500. The number of hydrogen-bond acceptors (Lipinski definition) is 4. The van der Waals surface area contributed by atoms with Gasteiger partial charge in [0.25, 0.3) is 5.56 Å². The first-order valence-corrected chi connectivity index (χ1v) is 7.22. The van der Waals surface area contributed by atoms with Crippen LogP contribution in [0.3, 0.4) is 0 Å². The average Bonchev–Trinajstić information content (AvgIpc) is 2.81. The number of nitrogens with zero attached hydrogens (tertiary/aromatic N) is 3. The monoisotopic (exact) mass is 287 g/mol. The van der Waals surface area contributed by atoms with E-state index in [1.54, 1.807) is 24.1 Å². The maximum atomic E-state index is 12.7. The van der Waals surface area contributed by atoms with Crippen LogP contribution in [0.5, 0.6) is 5.75 Å². The van der Waals surface area contributed by atoms with Crippen molar-refractivity contribution in [1.29, 1.82) is 0 Å². The molecule has 2 aromatic rings. The van der Waals surface area contributed by atoms with Crippen LogP contribution >= 0.6 is 0 Å². The largest absolute Gasteiger partial charge is 0.497 e. The maximum Gasteiger partial charge on any atom is 0.261 e. The van der Waals surface area contributed by atoms with Crippen molar-refractivity contribution in [3.05, 3.63) is 34.9 Å². The van der Waals surface area contributed by atoms with Crippen molar-refractivity contribution in [1.82, 2.24) is 14.5 Å². The fourth-order valence-electron chi connectivity index (χ4n) is 3.19. The predicted molar refractivity (Wildman–Crippen MR) is 82.8 cm³/mol. The summed E-state index contributed by atoms with van der Waals surface area (Å²) in [6, 6.07) is 5.42. The molecule has 21 heavy (non-hydrogen) atoms. The minimum Gasteiger partial charge on any atom is -0.497 e. The summed E-state index contributed by atoms with van der Waals surface area (Å²) in [5.41, 5.74) is 0.854. The number of hydrogen-bond donors (Lipinski definition) is 0. The van der Waals surface area contributed by atoms with Crippen LogP contribution in [0.25, 0.3) is 10.9 Å². The lowest BCUT2D eigenvalue weighted by molar-refractivity contribution is 0.265. The number of aromatic nitrogens is 2. The highest BCUT2D eigenvalue weighted by molar-refractivity contribution is 5.78. The SMILES string of the molecule is COc1ccc2ncn(C[C@@]3(C)CCN(C)C3)c(=O)c2c1. The van der Waals surface area contributed by atoms with Gasteiger partial charge in [0.05, 0.1) is 24.3 Å². The van der Waals surface area contributed by atoms with Gasteiger partial charge in [0.1, 0.15) is 5.75 Å². The van der Waals surface area contributed by atoms with Crippen LogP contribution in [0.15, 0.2) is 29.3 Å². The molecular formula is C16H21N3O2. The molecule has 2 heterocycles. The molecule has 5 heteroatoms. The summed E-state index contributed by atoms with van der Waals surface area (Å²) in [4.78, 5) is 19.4. The van der Waals surface area contributed by atoms with Gasteiger partial charge in [-0.3, -0.25) is 9.36 Å². The highest BCUT2D eigenvalue weighted by Crippen LogP contribution is 2.30. The van der Waals surface area contributed by atoms with E-state index >= 15 is 0 Å². The third-order valence-corrected chi connectivity index (χ3v) is 4.33. The van der Waals surface area contributed by atoms with Crippen LogP contribution in [0.4, 0.5) is 0 Å². The van der Waals surface area contributed by atoms with E-state index in [1.807, 2.05) is 12.1 Å². The molecule has 5 nitrogen and oxygen atoms in total. The third kappa shape index (κ3) is 2.65. The fourth-order valence-corrected chi connectivity index (χ4v) is 3.19. The molecule has 0 aliphatic carbocycles. The Hall–Kier alpha value is -1.88. The lowest BCUT2D eigenvalue weighted by atomic mass is 9.90. The number of methoxy groups -OCH3 is 1. The Morgan fingerprint density at radius 1 is 1.43 bits per heavy atom. The number of ether oxygens (including phenoxy) is 1. The Bertz CT molecular complexity index is 725. The van der Waals surface area contributed by atoms with Gasteiger partial charge in [-0.15, -0.1) is 0 Å². The van der Waals surface area contributed by atoms with Gasteiger partial charge >= 0.3 is 0 Å². The summed E-state index contributed by atoms with van der Waals surface area (Å²) >= 11 is 0. The number of likely N-dealkylation sites (tertiary alicyclic amines) is 1. The Morgan fingerprint density at radius 2 is 2.24 bits per heavy atom. The molecule has 112 valence electrons. The Morgan fingerprint density at radius 3 is 2.90 bits per heavy atom. The number of rotatable bonds is 3. The molecule has 0 amide bonds. The van der Waals surface area contributed by atoms with E-state index in [9.17, 15) is 4.79 Å². The van der Waals surface area contributed by atoms with Crippen LogP contribution in [0, 0.1) is 5.41 Å². The van der Waals surface area contributed by atoms with Crippen LogP contribution < -0.4 is 10.3 Å². The highest BCUT2D eigenvalue weighted by atomic mass is 16.5. The molecule has 1 fully saturated rings. The van der Waals surface area contributed by atoms with E-state index in [-0.39, 0.29) is 11.0 Å². The summed E-state index contributed by atoms with van der Waals surface area (Å²) in [7, 11) is 3.73. The molecule has 1 aliphatic heterocycles. The van der Waals surface area contributed by atoms with Gasteiger partial charge in [-0.2, -0.15) is 0 Å². The third-order valence-electron chi connectivity index (χ3n) is 4.33. The van der Waals surface area contributed by atoms with E-state index in [2.05, 4.69) is 23.9 Å². The van der Waals surface area contributed by atoms with E-state index in [0.29, 0.717) is 23.2 Å². The molecule has 1 aliphatic rings. The smallest absolute Gasteiger partial charge is 0.261 e. The van der Waals surface area contributed by atoms with Gasteiger partial charge in [-0.1, -0.05) is 6.92 Å². The molecule has 0 N–H and O–H groups in total. The number of fused-ring (bicyclic) bond motifs is 1. The van der Waals surface area contributed by atoms with Gasteiger partial charge in [0.2, 0.25) is 0 Å². The summed E-state index contributed by atoms with van der Waals surface area (Å²) in [6.07, 6.45) is 2.77. The topological polar surface area (TPSA) is 47.4 Å². The average molecular weight is 287 g/mol. The van der Waals surface area contributed by atoms with Crippen LogP contribution in [-0.4, -0.2) is 41.7 Å². The van der Waals surface area contributed by atoms with Crippen LogP contribution in [-0.2, 0) is 6.54 Å². The Balaban J connectivity index is 2.00. The van der Waals surface area contributed by atoms with E-state index in [0.717, 1.165) is 19.5 Å². The van der Waals surface area contributed by atoms with E-state index in [1.165, 1.54) is 0 Å². The molecule has 1 aromatic heterocycles. The van der Waals surface area contributed by atoms with Gasteiger partial charge in [-0.25, -0.2) is 4.98 Å². The van der Waals surface area contributed by atoms with Crippen molar-refractivity contribution in [2.75, 3.05) is 27.2 Å². The first kappa shape index (κ1) is 14.1. The zero-order chi connectivity index (χ0) is 15.0. The van der Waals surface area contributed by atoms with Crippen molar-refractivity contribution < 1.29 is 4.74 Å². The summed E-state index contributed by atoms with van der Waals surface area (Å²) in [5, 5.41) is 0.617. The van der Waals surface area contributed by atoms with Crippen molar-refractivity contribution in [3.8, 4) is 5.75 Å². The second kappa shape index (κ2) is 5.15. The molecule has 0 spiro atoms. The minimum atomic E-state index is 0.00896. The highest BCUT2D eigenvalue weighted by Gasteiger charge is 2.32. The quantitative estimate of drug-likeness (QED) is 0.863. The zero-order valence-corrected chi connectivity index (χ0v) is 12.8. The molecular weight excluding hydrogens is 266 g/mol. The summed E-state index contributed by atoms with van der Waals surface area (Å²) in [5.74, 6) is 0.686. The van der Waals surface area contributed by atoms with E-state index < -0.39 is 0 Å². The molecule has 1 atom stereocenters. The lowest BCUT2D eigenvalue weighted by Crippen LogP contribution is -2.32. The van der Waals surface area contributed by atoms with Gasteiger partial charge in [0.15, 0.2) is 0 Å². The van der Waals surface area contributed by atoms with Crippen molar-refractivity contribution in [3.63, 3.8) is 0 Å². The molecule has 1 saturated heterocycles. The lowest BCUT2D eigenvalue weighted by Gasteiger charge is -2.24. The predicted octanol–water partition coefficient (Wildman–Crippen LogP) is 1.75. The number of benzene rings is 1. The molecule has 1 aromatic carbocycles. The molecule has 0 radical (unpaired) electrons. The summed E-state index contributed by atoms with van der Waals surface area (Å²) in [6.45, 7) is 5.03. The van der Waals surface area contributed by atoms with Crippen LogP contribution in [0.1, 0.15) is 13.3 Å². The molecule has 0 unspecified atom stereocenters. The van der Waals surface area contributed by atoms with E-state index in [4.69, 9.17) is 4.74 Å². The van der Waals surface area contributed by atoms with Crippen molar-refractivity contribution in [2.45, 2.75) is 19.9 Å². The van der Waals surface area contributed by atoms with Crippen LogP contribution in [0.2, 0.25) is 0 Å². The maximum absolute atomic E-state index is 12.7. The second-order valence-electron chi connectivity index (χ2n) is 6.36. The van der Waals surface area contributed by atoms with Gasteiger partial charge in [0, 0.05) is 13.1 Å². The minimum absolute atomic E-state index is 0.00896. The first-order chi connectivity index (χ1) is 10.0. The molecule has 0 saturated carbocycles. The second-order valence-corrected chi connectivity index (χ2v) is 6.36. The molecule has 0 bridgehead atoms. The normalized spacial score (nSPS) is 22.8. The zero-order valence-electron chi connectivity index (χ0n) is 12.8. The Kier molecular flexibility index (Phi) is 3.45. The van der Waals surface area contributed by atoms with Crippen molar-refractivity contribution >= 4 is 10.9 Å². The standard InChI is InChI=1S/C16H21N3O2/c1-16(6-7-18(2)9-16)10-19-11-17-14-5-4-12(21-3)8-13(14)15(19)20/h4-5,8,11H,6-7,9-10H2,1-3H3/t16-/m0/s1. The van der Waals surface area contributed by atoms with Crippen molar-refractivity contribution in [2.24, 2.45) is 5.41 Å². The van der Waals surface area contributed by atoms with Gasteiger partial charge < -0.3 is 9.64 Å². The first-order valence-electron chi connectivity index (χ1n) is 7.22. The van der Waals surface area contributed by atoms with Gasteiger partial charge in [-0.05, 0) is 43.6 Å². The summed E-state index contributed by atoms with van der Waals surface area (Å²) < 4.78 is 6.94. The Labute approximate surface area is 124 Å². The molecule has 3 rings (SSSR count).